The van der Waals surface area contributed by atoms with Crippen LogP contribution in [0.15, 0.2) is 48.5 Å². The van der Waals surface area contributed by atoms with Gasteiger partial charge in [0.1, 0.15) is 0 Å². The van der Waals surface area contributed by atoms with Gasteiger partial charge in [-0.3, -0.25) is 0 Å². The van der Waals surface area contributed by atoms with Gasteiger partial charge in [-0.15, -0.1) is 11.6 Å². The van der Waals surface area contributed by atoms with Crippen LogP contribution in [0.25, 0.3) is 0 Å². The normalized spacial score (nSPS) is 24.2. The number of hydrogen-bond donors (Lipinski definition) is 0. The van der Waals surface area contributed by atoms with Gasteiger partial charge in [-0.25, -0.2) is 0 Å². The number of hydrogen-bond acceptors (Lipinski definition) is 3. The minimum Gasteiger partial charge on any atom is -0.378 e. The number of halogens is 1. The van der Waals surface area contributed by atoms with Gasteiger partial charge < -0.3 is 14.7 Å². The topological polar surface area (TPSA) is 9.72 Å². The molecule has 150 valence electrons. The van der Waals surface area contributed by atoms with Crippen LogP contribution in [0.2, 0.25) is 0 Å². The second-order valence-corrected chi connectivity index (χ2v) is 9.44. The van der Waals surface area contributed by atoms with Crippen molar-refractivity contribution < 1.29 is 0 Å². The van der Waals surface area contributed by atoms with E-state index in [0.29, 0.717) is 11.8 Å². The number of nitrogens with zero attached hydrogens (tertiary/aromatic N) is 3. The first kappa shape index (κ1) is 19.6. The molecule has 3 aliphatic heterocycles. The molecule has 2 aromatic carbocycles. The summed E-state index contributed by atoms with van der Waals surface area (Å²) in [7, 11) is 8.32. The molecule has 4 heteroatoms. The molecule has 0 aromatic heterocycles. The average Bonchev–Trinajstić information content (AvgIpc) is 2.74. The van der Waals surface area contributed by atoms with Gasteiger partial charge in [0.15, 0.2) is 0 Å². The predicted molar refractivity (Wildman–Crippen MR) is 121 cm³/mol. The highest BCUT2D eigenvalue weighted by Gasteiger charge is 2.48. The molecule has 1 unspecified atom stereocenters. The van der Waals surface area contributed by atoms with Gasteiger partial charge in [0.2, 0.25) is 0 Å². The number of rotatable bonds is 5. The first-order valence-corrected chi connectivity index (χ1v) is 10.7. The molecule has 3 aliphatic rings. The molecule has 3 fully saturated rings. The molecule has 3 nitrogen and oxygen atoms in total. The molecule has 28 heavy (non-hydrogen) atoms. The molecular weight excluding hydrogens is 366 g/mol. The fourth-order valence-corrected chi connectivity index (χ4v) is 5.51. The molecule has 5 rings (SSSR count). The molecule has 0 amide bonds. The van der Waals surface area contributed by atoms with Gasteiger partial charge in [-0.1, -0.05) is 24.3 Å². The van der Waals surface area contributed by atoms with Crippen molar-refractivity contribution in [2.24, 2.45) is 11.8 Å². The van der Waals surface area contributed by atoms with E-state index in [1.165, 1.54) is 48.4 Å². The summed E-state index contributed by atoms with van der Waals surface area (Å²) in [5.41, 5.74) is 4.85. The van der Waals surface area contributed by atoms with Gasteiger partial charge in [-0.05, 0) is 67.2 Å². The number of anilines is 2. The highest BCUT2D eigenvalue weighted by atomic mass is 35.5. The lowest BCUT2D eigenvalue weighted by molar-refractivity contribution is 0.0346. The zero-order valence-corrected chi connectivity index (χ0v) is 18.3. The van der Waals surface area contributed by atoms with E-state index in [4.69, 9.17) is 11.6 Å². The molecule has 1 atom stereocenters. The van der Waals surface area contributed by atoms with Crippen LogP contribution in [-0.2, 0) is 4.87 Å². The quantitative estimate of drug-likeness (QED) is 0.680. The monoisotopic (exact) mass is 397 g/mol. The summed E-state index contributed by atoms with van der Waals surface area (Å²) in [6, 6.07) is 17.7. The lowest BCUT2D eigenvalue weighted by Crippen LogP contribution is -2.53. The largest absolute Gasteiger partial charge is 0.378 e. The van der Waals surface area contributed by atoms with Crippen LogP contribution in [-0.4, -0.2) is 52.7 Å². The smallest absolute Gasteiger partial charge is 0.0987 e. The van der Waals surface area contributed by atoms with Gasteiger partial charge in [0.25, 0.3) is 0 Å². The molecule has 0 radical (unpaired) electrons. The van der Waals surface area contributed by atoms with Gasteiger partial charge in [0.05, 0.1) is 4.87 Å². The van der Waals surface area contributed by atoms with Crippen LogP contribution in [0.3, 0.4) is 0 Å². The van der Waals surface area contributed by atoms with E-state index in [9.17, 15) is 0 Å². The third kappa shape index (κ3) is 3.40. The van der Waals surface area contributed by atoms with E-state index in [2.05, 4.69) is 91.4 Å². The molecule has 2 bridgehead atoms. The summed E-state index contributed by atoms with van der Waals surface area (Å²) in [4.78, 5) is 6.39. The van der Waals surface area contributed by atoms with Gasteiger partial charge in [-0.2, -0.15) is 0 Å². The van der Waals surface area contributed by atoms with E-state index >= 15 is 0 Å². The van der Waals surface area contributed by atoms with E-state index in [-0.39, 0.29) is 0 Å². The maximum atomic E-state index is 7.67. The Hall–Kier alpha value is -1.71. The summed E-state index contributed by atoms with van der Waals surface area (Å²) in [6.07, 6.45) is 2.54. The van der Waals surface area contributed by atoms with Crippen molar-refractivity contribution in [2.75, 3.05) is 57.6 Å². The van der Waals surface area contributed by atoms with Crippen LogP contribution in [0.1, 0.15) is 24.0 Å². The Balaban J connectivity index is 1.78. The SMILES string of the molecule is CN(C)c1ccc(C(Cl)(c2ccc(N(C)C)cc2)C2CN3CCC2CC3)cc1. The van der Waals surface area contributed by atoms with E-state index < -0.39 is 4.87 Å². The Kier molecular flexibility index (Phi) is 5.32. The van der Waals surface area contributed by atoms with Gasteiger partial charge >= 0.3 is 0 Å². The minimum absolute atomic E-state index is 0.437. The van der Waals surface area contributed by atoms with Crippen molar-refractivity contribution in [1.82, 2.24) is 4.90 Å². The highest BCUT2D eigenvalue weighted by molar-refractivity contribution is 6.26. The van der Waals surface area contributed by atoms with E-state index in [1.54, 1.807) is 0 Å². The van der Waals surface area contributed by atoms with Crippen LogP contribution < -0.4 is 9.80 Å². The maximum Gasteiger partial charge on any atom is 0.0987 e. The number of benzene rings is 2. The molecule has 2 aromatic rings. The predicted octanol–water partition coefficient (Wildman–Crippen LogP) is 4.64. The molecule has 0 spiro atoms. The second-order valence-electron chi connectivity index (χ2n) is 8.84. The second kappa shape index (κ2) is 7.61. The van der Waals surface area contributed by atoms with Crippen molar-refractivity contribution in [2.45, 2.75) is 17.7 Å². The van der Waals surface area contributed by atoms with Crippen LogP contribution >= 0.6 is 11.6 Å². The summed E-state index contributed by atoms with van der Waals surface area (Å²) >= 11 is 7.67. The van der Waals surface area contributed by atoms with Crippen LogP contribution in [0.4, 0.5) is 11.4 Å². The summed E-state index contributed by atoms with van der Waals surface area (Å²) in [6.45, 7) is 3.56. The van der Waals surface area contributed by atoms with Crippen LogP contribution in [0.5, 0.6) is 0 Å². The zero-order valence-electron chi connectivity index (χ0n) is 17.5. The molecule has 0 saturated carbocycles. The lowest BCUT2D eigenvalue weighted by atomic mass is 9.67. The molecular formula is C24H32ClN3. The molecule has 0 aliphatic carbocycles. The van der Waals surface area contributed by atoms with Crippen molar-refractivity contribution in [1.29, 1.82) is 0 Å². The Morgan fingerprint density at radius 1 is 0.786 bits per heavy atom. The maximum absolute atomic E-state index is 7.67. The number of fused-ring (bicyclic) bond motifs is 3. The fourth-order valence-electron chi connectivity index (χ4n) is 5.01. The standard InChI is InChI=1S/C24H32ClN3/c1-26(2)21-9-5-19(6-10-21)24(25,20-7-11-22(12-8-20)27(3)4)23-17-28-15-13-18(23)14-16-28/h5-12,18,23H,13-17H2,1-4H3. The Bertz CT molecular complexity index is 738. The molecule has 3 saturated heterocycles. The summed E-state index contributed by atoms with van der Waals surface area (Å²) in [5, 5.41) is 0. The zero-order chi connectivity index (χ0) is 19.9. The third-order valence-electron chi connectivity index (χ3n) is 6.77. The number of alkyl halides is 1. The first-order valence-electron chi connectivity index (χ1n) is 10.4. The molecule has 3 heterocycles. The van der Waals surface area contributed by atoms with Crippen LogP contribution in [0, 0.1) is 11.8 Å². The Morgan fingerprint density at radius 3 is 1.54 bits per heavy atom. The Labute approximate surface area is 174 Å². The molecule has 0 N–H and O–H groups in total. The summed E-state index contributed by atoms with van der Waals surface area (Å²) in [5.74, 6) is 1.14. The lowest BCUT2D eigenvalue weighted by Gasteiger charge is -2.51. The van der Waals surface area contributed by atoms with E-state index in [1.807, 2.05) is 0 Å². The van der Waals surface area contributed by atoms with E-state index in [0.717, 1.165) is 6.54 Å². The fraction of sp³-hybridized carbons (Fsp3) is 0.500. The van der Waals surface area contributed by atoms with Crippen molar-refractivity contribution >= 4 is 23.0 Å². The van der Waals surface area contributed by atoms with Crippen molar-refractivity contribution in [3.8, 4) is 0 Å². The third-order valence-corrected chi connectivity index (χ3v) is 7.49. The number of piperidine rings is 3. The first-order chi connectivity index (χ1) is 13.4. The minimum atomic E-state index is -0.487. The summed E-state index contributed by atoms with van der Waals surface area (Å²) < 4.78 is 0. The van der Waals surface area contributed by atoms with Gasteiger partial charge in [0, 0.05) is 52.0 Å². The van der Waals surface area contributed by atoms with Crippen molar-refractivity contribution in [3.63, 3.8) is 0 Å². The highest BCUT2D eigenvalue weighted by Crippen LogP contribution is 2.51. The van der Waals surface area contributed by atoms with Crippen molar-refractivity contribution in [3.05, 3.63) is 59.7 Å². The average molecular weight is 398 g/mol. The Morgan fingerprint density at radius 2 is 1.21 bits per heavy atom.